The van der Waals surface area contributed by atoms with Crippen molar-refractivity contribution in [2.45, 2.75) is 4.90 Å². The summed E-state index contributed by atoms with van der Waals surface area (Å²) in [5, 5.41) is 28.7. The highest BCUT2D eigenvalue weighted by Gasteiger charge is 2.28. The van der Waals surface area contributed by atoms with Gasteiger partial charge in [-0.05, 0) is 30.3 Å². The van der Waals surface area contributed by atoms with Gasteiger partial charge in [0.15, 0.2) is 0 Å². The maximum atomic E-state index is 13.5. The molecule has 0 amide bonds. The molecule has 0 saturated heterocycles. The molecule has 0 unspecified atom stereocenters. The van der Waals surface area contributed by atoms with Crippen molar-refractivity contribution in [2.75, 3.05) is 19.0 Å². The van der Waals surface area contributed by atoms with E-state index in [9.17, 15) is 18.5 Å². The lowest BCUT2D eigenvalue weighted by Crippen LogP contribution is -2.24. The van der Waals surface area contributed by atoms with E-state index in [1.54, 1.807) is 54.8 Å². The minimum Gasteiger partial charge on any atom is -0.342 e. The summed E-state index contributed by atoms with van der Waals surface area (Å²) in [7, 11) is -1.45. The van der Waals surface area contributed by atoms with Crippen LogP contribution >= 0.6 is 12.4 Å². The van der Waals surface area contributed by atoms with Gasteiger partial charge in [-0.15, -0.1) is 12.4 Å². The highest BCUT2D eigenvalue weighted by atomic mass is 35.5. The smallest absolute Gasteiger partial charge is 0.281 e. The molecule has 4 rings (SSSR count). The number of halogens is 1. The summed E-state index contributed by atoms with van der Waals surface area (Å²) in [6, 6.07) is 12.2. The van der Waals surface area contributed by atoms with Gasteiger partial charge >= 0.3 is 0 Å². The first-order chi connectivity index (χ1) is 16.7. The molecule has 0 aliphatic rings. The molecule has 0 atom stereocenters. The molecule has 12 nitrogen and oxygen atoms in total. The third kappa shape index (κ3) is 4.95. The second kappa shape index (κ2) is 10.4. The Kier molecular flexibility index (Phi) is 7.52. The number of hydrazone groups is 1. The molecule has 4 aromatic rings. The highest BCUT2D eigenvalue weighted by molar-refractivity contribution is 7.89. The van der Waals surface area contributed by atoms with Crippen LogP contribution in [0, 0.1) is 21.4 Å². The summed E-state index contributed by atoms with van der Waals surface area (Å²) >= 11 is 0. The number of nitrogens with zero attached hydrogens (tertiary/aromatic N) is 8. The number of anilines is 2. The van der Waals surface area contributed by atoms with Gasteiger partial charge in [-0.3, -0.25) is 15.1 Å². The molecule has 0 N–H and O–H groups in total. The van der Waals surface area contributed by atoms with Crippen molar-refractivity contribution in [1.82, 2.24) is 19.0 Å². The topological polar surface area (TPSA) is 150 Å². The third-order valence-corrected chi connectivity index (χ3v) is 6.89. The fraction of sp³-hybridized carbons (Fsp3) is 0.0909. The van der Waals surface area contributed by atoms with Crippen molar-refractivity contribution < 1.29 is 13.3 Å². The van der Waals surface area contributed by atoms with E-state index in [1.165, 1.54) is 36.1 Å². The predicted octanol–water partition coefficient (Wildman–Crippen LogP) is 3.35. The molecule has 0 radical (unpaired) electrons. The number of nitriles is 1. The van der Waals surface area contributed by atoms with Crippen LogP contribution in [0.2, 0.25) is 0 Å². The van der Waals surface area contributed by atoms with Crippen molar-refractivity contribution in [3.05, 3.63) is 88.5 Å². The fourth-order valence-corrected chi connectivity index (χ4v) is 4.50. The maximum absolute atomic E-state index is 13.5. The van der Waals surface area contributed by atoms with Crippen LogP contribution in [0.15, 0.2) is 77.2 Å². The van der Waals surface area contributed by atoms with Crippen molar-refractivity contribution in [3.63, 3.8) is 0 Å². The number of non-ortho nitro benzene ring substituents is 1. The van der Waals surface area contributed by atoms with E-state index in [-0.39, 0.29) is 28.7 Å². The first kappa shape index (κ1) is 26.1. The van der Waals surface area contributed by atoms with Crippen molar-refractivity contribution >= 4 is 51.2 Å². The summed E-state index contributed by atoms with van der Waals surface area (Å²) in [6.45, 7) is 0. The molecule has 0 spiro atoms. The van der Waals surface area contributed by atoms with Gasteiger partial charge in [-0.1, -0.05) is 0 Å². The van der Waals surface area contributed by atoms with Gasteiger partial charge in [0, 0.05) is 44.2 Å². The van der Waals surface area contributed by atoms with E-state index < -0.39 is 14.9 Å². The number of nitro benzene ring substituents is 1. The summed E-state index contributed by atoms with van der Waals surface area (Å²) in [6.07, 6.45) is 7.50. The van der Waals surface area contributed by atoms with Gasteiger partial charge in [0.25, 0.3) is 15.7 Å². The van der Waals surface area contributed by atoms with Gasteiger partial charge in [0.2, 0.25) is 0 Å². The minimum absolute atomic E-state index is 0. The van der Waals surface area contributed by atoms with E-state index in [1.807, 2.05) is 6.07 Å². The molecule has 0 fully saturated rings. The normalized spacial score (nSPS) is 11.1. The molecule has 0 saturated carbocycles. The van der Waals surface area contributed by atoms with Crippen LogP contribution in [0.5, 0.6) is 0 Å². The van der Waals surface area contributed by atoms with E-state index in [0.29, 0.717) is 22.3 Å². The Bertz CT molecular complexity index is 1600. The van der Waals surface area contributed by atoms with Crippen molar-refractivity contribution in [3.8, 4) is 6.07 Å². The number of pyridine rings is 2. The van der Waals surface area contributed by atoms with Crippen molar-refractivity contribution in [1.29, 1.82) is 5.26 Å². The molecule has 3 heterocycles. The largest absolute Gasteiger partial charge is 0.342 e. The Balaban J connectivity index is 0.00000361. The van der Waals surface area contributed by atoms with E-state index in [0.717, 1.165) is 10.5 Å². The quantitative estimate of drug-likeness (QED) is 0.202. The van der Waals surface area contributed by atoms with Crippen LogP contribution < -0.4 is 4.90 Å². The zero-order valence-electron chi connectivity index (χ0n) is 19.0. The van der Waals surface area contributed by atoms with Gasteiger partial charge in [0.1, 0.15) is 4.90 Å². The number of fused-ring (bicyclic) bond motifs is 1. The van der Waals surface area contributed by atoms with E-state index in [4.69, 9.17) is 5.26 Å². The lowest BCUT2D eigenvalue weighted by molar-refractivity contribution is -0.385. The molecule has 14 heteroatoms. The number of hydrogen-bond donors (Lipinski definition) is 0. The average molecular weight is 527 g/mol. The summed E-state index contributed by atoms with van der Waals surface area (Å²) in [5.74, 6) is 0. The molecule has 0 bridgehead atoms. The predicted molar refractivity (Wildman–Crippen MR) is 135 cm³/mol. The molecule has 184 valence electrons. The molecule has 3 aromatic heterocycles. The van der Waals surface area contributed by atoms with Gasteiger partial charge in [0.05, 0.1) is 52.1 Å². The minimum atomic E-state index is -4.31. The van der Waals surface area contributed by atoms with Crippen LogP contribution in [0.3, 0.4) is 0 Å². The first-order valence-corrected chi connectivity index (χ1v) is 11.5. The Morgan fingerprint density at radius 1 is 1.19 bits per heavy atom. The zero-order chi connectivity index (χ0) is 25.2. The van der Waals surface area contributed by atoms with Gasteiger partial charge in [-0.2, -0.15) is 28.3 Å². The van der Waals surface area contributed by atoms with E-state index in [2.05, 4.69) is 15.2 Å². The maximum Gasteiger partial charge on any atom is 0.281 e. The zero-order valence-corrected chi connectivity index (χ0v) is 20.6. The molecule has 1 aromatic carbocycles. The number of hydrogen-bond acceptors (Lipinski definition) is 9. The van der Waals surface area contributed by atoms with Gasteiger partial charge < -0.3 is 4.90 Å². The second-order valence-corrected chi connectivity index (χ2v) is 9.24. The number of benzene rings is 1. The van der Waals surface area contributed by atoms with Crippen LogP contribution in [-0.2, 0) is 10.0 Å². The number of sulfonamides is 1. The number of aromatic nitrogens is 3. The summed E-state index contributed by atoms with van der Waals surface area (Å²) in [4.78, 5) is 16.0. The summed E-state index contributed by atoms with van der Waals surface area (Å²) in [5.41, 5.74) is 1.87. The first-order valence-electron chi connectivity index (χ1n) is 10.0. The standard InChI is InChI=1S/C22H18N8O4S.ClH/c1-27(19-4-3-8-24-15-19)20-6-5-18(30(31)32)11-22(20)35(33,34)28(2)25-13-17-14-26-29-9-7-16(12-23)10-21(17)29;/h3-11,13-15H,1-2H3;1H. The molecule has 0 aliphatic carbocycles. The lowest BCUT2D eigenvalue weighted by atomic mass is 10.2. The molecule has 36 heavy (non-hydrogen) atoms. The van der Waals surface area contributed by atoms with E-state index >= 15 is 0 Å². The van der Waals surface area contributed by atoms with Crippen LogP contribution in [0.25, 0.3) is 5.52 Å². The molecular formula is C22H19ClN8O4S. The summed E-state index contributed by atoms with van der Waals surface area (Å²) < 4.78 is 29.2. The Labute approximate surface area is 212 Å². The Hall–Kier alpha value is -4.54. The van der Waals surface area contributed by atoms with Crippen LogP contribution in [0.4, 0.5) is 17.1 Å². The van der Waals surface area contributed by atoms with Crippen LogP contribution in [0.1, 0.15) is 11.1 Å². The van der Waals surface area contributed by atoms with Crippen LogP contribution in [-0.4, -0.2) is 52.7 Å². The van der Waals surface area contributed by atoms with Gasteiger partial charge in [-0.25, -0.2) is 4.52 Å². The number of rotatable bonds is 7. The lowest BCUT2D eigenvalue weighted by Gasteiger charge is -2.23. The molecule has 0 aliphatic heterocycles. The average Bonchev–Trinajstić information content (AvgIpc) is 3.28. The third-order valence-electron chi connectivity index (χ3n) is 5.21. The fourth-order valence-electron chi connectivity index (χ4n) is 3.31. The molecular weight excluding hydrogens is 508 g/mol. The van der Waals surface area contributed by atoms with Crippen molar-refractivity contribution in [2.24, 2.45) is 5.10 Å². The monoisotopic (exact) mass is 526 g/mol. The number of nitro groups is 1. The Morgan fingerprint density at radius 2 is 1.97 bits per heavy atom. The Morgan fingerprint density at radius 3 is 2.64 bits per heavy atom. The second-order valence-electron chi connectivity index (χ2n) is 7.32. The highest BCUT2D eigenvalue weighted by Crippen LogP contribution is 2.34. The SMILES string of the molecule is CN(c1cccnc1)c1ccc([N+](=O)[O-])cc1S(=O)(=O)N(C)N=Cc1cnn2ccc(C#N)cc12.Cl.